The zero-order chi connectivity index (χ0) is 18.0. The van der Waals surface area contributed by atoms with Gasteiger partial charge in [-0.15, -0.1) is 11.3 Å². The SMILES string of the molecule is Cn1c2ccccc2c2c(C3CCCCC3)c3c(cc21)sc1ccccc13. The Morgan fingerprint density at radius 2 is 1.52 bits per heavy atom. The van der Waals surface area contributed by atoms with Crippen molar-refractivity contribution in [3.8, 4) is 0 Å². The molecule has 0 spiro atoms. The molecule has 6 rings (SSSR count). The Hall–Kier alpha value is -2.32. The molecule has 0 N–H and O–H groups in total. The van der Waals surface area contributed by atoms with Gasteiger partial charge in [0.15, 0.2) is 0 Å². The highest BCUT2D eigenvalue weighted by molar-refractivity contribution is 7.26. The third-order valence-electron chi connectivity index (χ3n) is 6.59. The molecule has 0 radical (unpaired) electrons. The first-order valence-corrected chi connectivity index (χ1v) is 11.0. The fraction of sp³-hybridized carbons (Fsp3) is 0.280. The molecule has 1 fully saturated rings. The fourth-order valence-electron chi connectivity index (χ4n) is 5.36. The smallest absolute Gasteiger partial charge is 0.0506 e. The minimum Gasteiger partial charge on any atom is -0.344 e. The summed E-state index contributed by atoms with van der Waals surface area (Å²) in [4.78, 5) is 0. The molecule has 2 heteroatoms. The highest BCUT2D eigenvalue weighted by Gasteiger charge is 2.25. The predicted octanol–water partition coefficient (Wildman–Crippen LogP) is 7.75. The van der Waals surface area contributed by atoms with Crippen LogP contribution in [0.5, 0.6) is 0 Å². The molecule has 0 amide bonds. The maximum absolute atomic E-state index is 2.45. The van der Waals surface area contributed by atoms with Crippen molar-refractivity contribution in [2.45, 2.75) is 38.0 Å². The number of aryl methyl sites for hydroxylation is 1. The van der Waals surface area contributed by atoms with Crippen LogP contribution in [-0.2, 0) is 7.05 Å². The first-order valence-electron chi connectivity index (χ1n) is 10.1. The van der Waals surface area contributed by atoms with Crippen LogP contribution >= 0.6 is 11.3 Å². The van der Waals surface area contributed by atoms with Crippen LogP contribution in [0.3, 0.4) is 0 Å². The number of fused-ring (bicyclic) bond motifs is 6. The lowest BCUT2D eigenvalue weighted by atomic mass is 9.80. The number of aromatic nitrogens is 1. The van der Waals surface area contributed by atoms with E-state index in [0.717, 1.165) is 0 Å². The van der Waals surface area contributed by atoms with Crippen molar-refractivity contribution in [2.75, 3.05) is 0 Å². The monoisotopic (exact) mass is 369 g/mol. The quantitative estimate of drug-likeness (QED) is 0.285. The second-order valence-electron chi connectivity index (χ2n) is 8.07. The average molecular weight is 370 g/mol. The Labute approximate surface area is 163 Å². The topological polar surface area (TPSA) is 4.93 Å². The van der Waals surface area contributed by atoms with Crippen molar-refractivity contribution in [1.82, 2.24) is 4.57 Å². The van der Waals surface area contributed by atoms with Gasteiger partial charge in [0.05, 0.1) is 5.52 Å². The molecule has 0 bridgehead atoms. The molecule has 0 unspecified atom stereocenters. The van der Waals surface area contributed by atoms with E-state index in [2.05, 4.69) is 66.2 Å². The number of benzene rings is 3. The van der Waals surface area contributed by atoms with Crippen LogP contribution in [0.1, 0.15) is 43.6 Å². The predicted molar refractivity (Wildman–Crippen MR) is 119 cm³/mol. The van der Waals surface area contributed by atoms with E-state index in [1.54, 1.807) is 5.56 Å². The molecule has 134 valence electrons. The van der Waals surface area contributed by atoms with E-state index in [0.29, 0.717) is 5.92 Å². The molecule has 0 atom stereocenters. The minimum atomic E-state index is 0.689. The summed E-state index contributed by atoms with van der Waals surface area (Å²) in [6.07, 6.45) is 6.81. The van der Waals surface area contributed by atoms with E-state index in [1.807, 2.05) is 11.3 Å². The maximum atomic E-state index is 2.45. The summed E-state index contributed by atoms with van der Waals surface area (Å²) in [5, 5.41) is 5.92. The van der Waals surface area contributed by atoms with E-state index in [9.17, 15) is 0 Å². The number of para-hydroxylation sites is 1. The van der Waals surface area contributed by atoms with Gasteiger partial charge in [0.1, 0.15) is 0 Å². The molecule has 5 aromatic rings. The van der Waals surface area contributed by atoms with E-state index < -0.39 is 0 Å². The zero-order valence-electron chi connectivity index (χ0n) is 15.7. The Balaban J connectivity index is 1.87. The number of thiophene rings is 1. The highest BCUT2D eigenvalue weighted by Crippen LogP contribution is 2.48. The van der Waals surface area contributed by atoms with Crippen molar-refractivity contribution in [3.05, 3.63) is 60.2 Å². The van der Waals surface area contributed by atoms with Crippen LogP contribution in [0.4, 0.5) is 0 Å². The van der Waals surface area contributed by atoms with Gasteiger partial charge in [0.25, 0.3) is 0 Å². The Bertz CT molecular complexity index is 1310. The summed E-state index contributed by atoms with van der Waals surface area (Å²) in [5.41, 5.74) is 4.39. The largest absolute Gasteiger partial charge is 0.344 e. The van der Waals surface area contributed by atoms with Gasteiger partial charge in [-0.2, -0.15) is 0 Å². The zero-order valence-corrected chi connectivity index (χ0v) is 16.5. The van der Waals surface area contributed by atoms with Crippen molar-refractivity contribution in [3.63, 3.8) is 0 Å². The second kappa shape index (κ2) is 5.84. The lowest BCUT2D eigenvalue weighted by Crippen LogP contribution is -2.05. The molecule has 2 heterocycles. The van der Waals surface area contributed by atoms with Crippen molar-refractivity contribution >= 4 is 53.3 Å². The van der Waals surface area contributed by atoms with Gasteiger partial charge in [-0.3, -0.25) is 0 Å². The first kappa shape index (κ1) is 15.7. The van der Waals surface area contributed by atoms with E-state index in [-0.39, 0.29) is 0 Å². The van der Waals surface area contributed by atoms with Gasteiger partial charge in [-0.1, -0.05) is 55.7 Å². The molecule has 27 heavy (non-hydrogen) atoms. The van der Waals surface area contributed by atoms with Crippen molar-refractivity contribution < 1.29 is 0 Å². The molecule has 3 aromatic carbocycles. The number of hydrogen-bond donors (Lipinski definition) is 0. The molecular formula is C25H23NS. The van der Waals surface area contributed by atoms with E-state index in [1.165, 1.54) is 74.1 Å². The normalized spacial score (nSPS) is 16.2. The summed E-state index contributed by atoms with van der Waals surface area (Å²) in [5.74, 6) is 0.689. The molecule has 1 nitrogen and oxygen atoms in total. The Morgan fingerprint density at radius 3 is 2.37 bits per heavy atom. The summed E-state index contributed by atoms with van der Waals surface area (Å²) in [6, 6.07) is 20.4. The van der Waals surface area contributed by atoms with E-state index in [4.69, 9.17) is 0 Å². The highest BCUT2D eigenvalue weighted by atomic mass is 32.1. The van der Waals surface area contributed by atoms with Crippen LogP contribution in [0.15, 0.2) is 54.6 Å². The molecule has 1 aliphatic rings. The van der Waals surface area contributed by atoms with Crippen molar-refractivity contribution in [1.29, 1.82) is 0 Å². The molecule has 2 aromatic heterocycles. The Kier molecular flexibility index (Phi) is 3.40. The maximum Gasteiger partial charge on any atom is 0.0506 e. The first-order chi connectivity index (χ1) is 13.3. The standard InChI is InChI=1S/C25H23NS/c1-26-19-13-7-5-11-17(19)24-20(26)15-22-25(18-12-6-8-14-21(18)27-22)23(24)16-9-3-2-4-10-16/h5-8,11-16H,2-4,9-10H2,1H3. The van der Waals surface area contributed by atoms with Gasteiger partial charge < -0.3 is 4.57 Å². The molecular weight excluding hydrogens is 346 g/mol. The van der Waals surface area contributed by atoms with Crippen LogP contribution in [-0.4, -0.2) is 4.57 Å². The van der Waals surface area contributed by atoms with Gasteiger partial charge in [-0.05, 0) is 42.5 Å². The van der Waals surface area contributed by atoms with Crippen LogP contribution in [0, 0.1) is 0 Å². The lowest BCUT2D eigenvalue weighted by molar-refractivity contribution is 0.447. The molecule has 1 aliphatic carbocycles. The summed E-state index contributed by atoms with van der Waals surface area (Å²) in [7, 11) is 2.23. The van der Waals surface area contributed by atoms with Crippen LogP contribution in [0.2, 0.25) is 0 Å². The summed E-state index contributed by atoms with van der Waals surface area (Å²) >= 11 is 1.96. The fourth-order valence-corrected chi connectivity index (χ4v) is 6.51. The van der Waals surface area contributed by atoms with Gasteiger partial charge in [0, 0.05) is 43.5 Å². The number of nitrogens with zero attached hydrogens (tertiary/aromatic N) is 1. The van der Waals surface area contributed by atoms with Crippen LogP contribution in [0.25, 0.3) is 42.0 Å². The summed E-state index contributed by atoms with van der Waals surface area (Å²) < 4.78 is 5.28. The average Bonchev–Trinajstić information content (AvgIpc) is 3.23. The third kappa shape index (κ3) is 2.17. The Morgan fingerprint density at radius 1 is 0.778 bits per heavy atom. The lowest BCUT2D eigenvalue weighted by Gasteiger charge is -2.24. The van der Waals surface area contributed by atoms with Gasteiger partial charge in [0.2, 0.25) is 0 Å². The third-order valence-corrected chi connectivity index (χ3v) is 7.71. The number of rotatable bonds is 1. The molecule has 0 aliphatic heterocycles. The molecule has 1 saturated carbocycles. The second-order valence-corrected chi connectivity index (χ2v) is 9.15. The minimum absolute atomic E-state index is 0.689. The van der Waals surface area contributed by atoms with E-state index >= 15 is 0 Å². The summed E-state index contributed by atoms with van der Waals surface area (Å²) in [6.45, 7) is 0. The van der Waals surface area contributed by atoms with Crippen molar-refractivity contribution in [2.24, 2.45) is 7.05 Å². The van der Waals surface area contributed by atoms with Gasteiger partial charge >= 0.3 is 0 Å². The molecule has 0 saturated heterocycles. The number of hydrogen-bond acceptors (Lipinski definition) is 1. The van der Waals surface area contributed by atoms with Crippen LogP contribution < -0.4 is 0 Å². The van der Waals surface area contributed by atoms with Gasteiger partial charge in [-0.25, -0.2) is 0 Å².